The molecule has 1 aliphatic rings. The van der Waals surface area contributed by atoms with Crippen LogP contribution in [0.15, 0.2) is 42.3 Å². The average Bonchev–Trinajstić information content (AvgIpc) is 2.76. The number of halogens is 3. The van der Waals surface area contributed by atoms with Crippen molar-refractivity contribution in [3.63, 3.8) is 0 Å². The molecule has 0 aliphatic heterocycles. The Morgan fingerprint density at radius 2 is 2.00 bits per heavy atom. The van der Waals surface area contributed by atoms with Gasteiger partial charge in [-0.25, -0.2) is 4.68 Å². The van der Waals surface area contributed by atoms with Crippen LogP contribution in [0.5, 0.6) is 0 Å². The summed E-state index contributed by atoms with van der Waals surface area (Å²) in [6, 6.07) is 0. The van der Waals surface area contributed by atoms with Crippen LogP contribution >= 0.6 is 0 Å². The number of alkyl halides is 3. The molecular formula is C14H17F3N2O. The van der Waals surface area contributed by atoms with Crippen molar-refractivity contribution < 1.29 is 18.3 Å². The van der Waals surface area contributed by atoms with Crippen LogP contribution in [0.2, 0.25) is 0 Å². The molecule has 1 aromatic heterocycles. The number of nitrogens with zero attached hydrogens (tertiary/aromatic N) is 2. The van der Waals surface area contributed by atoms with Gasteiger partial charge in [-0.05, 0) is 12.2 Å². The second kappa shape index (κ2) is 7.09. The number of hydrogen-bond acceptors (Lipinski definition) is 2. The predicted octanol–water partition coefficient (Wildman–Crippen LogP) is 3.69. The molecule has 20 heavy (non-hydrogen) atoms. The van der Waals surface area contributed by atoms with E-state index in [1.165, 1.54) is 23.0 Å². The van der Waals surface area contributed by atoms with Crippen molar-refractivity contribution in [2.24, 2.45) is 0 Å². The Bertz CT molecular complexity index is 525. The zero-order chi connectivity index (χ0) is 15.2. The van der Waals surface area contributed by atoms with Crippen molar-refractivity contribution in [3.05, 3.63) is 47.8 Å². The maximum absolute atomic E-state index is 12.5. The van der Waals surface area contributed by atoms with Crippen LogP contribution < -0.4 is 0 Å². The normalized spacial score (nSPS) is 14.9. The highest BCUT2D eigenvalue weighted by Gasteiger charge is 2.31. The summed E-state index contributed by atoms with van der Waals surface area (Å²) in [5, 5.41) is 12.9. The van der Waals surface area contributed by atoms with Crippen LogP contribution in [0.3, 0.4) is 0 Å². The van der Waals surface area contributed by atoms with Gasteiger partial charge in [0.1, 0.15) is 0 Å². The Kier molecular flexibility index (Phi) is 5.76. The Labute approximate surface area is 115 Å². The quantitative estimate of drug-likeness (QED) is 0.900. The molecule has 0 unspecified atom stereocenters. The van der Waals surface area contributed by atoms with E-state index in [0.29, 0.717) is 17.7 Å². The molecule has 0 spiro atoms. The lowest BCUT2D eigenvalue weighted by Gasteiger charge is -2.04. The topological polar surface area (TPSA) is 38.1 Å². The maximum atomic E-state index is 12.5. The van der Waals surface area contributed by atoms with Crippen molar-refractivity contribution in [2.45, 2.75) is 33.1 Å². The molecule has 3 nitrogen and oxygen atoms in total. The lowest BCUT2D eigenvalue weighted by atomic mass is 10.2. The third kappa shape index (κ3) is 4.09. The van der Waals surface area contributed by atoms with E-state index in [4.69, 9.17) is 5.11 Å². The van der Waals surface area contributed by atoms with Gasteiger partial charge < -0.3 is 5.11 Å². The summed E-state index contributed by atoms with van der Waals surface area (Å²) in [4.78, 5) is 0. The summed E-state index contributed by atoms with van der Waals surface area (Å²) >= 11 is 0. The molecule has 1 aromatic rings. The van der Waals surface area contributed by atoms with E-state index in [9.17, 15) is 13.2 Å². The molecule has 2 rings (SSSR count). The molecule has 0 fully saturated rings. The van der Waals surface area contributed by atoms with Crippen molar-refractivity contribution in [1.82, 2.24) is 9.78 Å². The number of aliphatic hydroxyl groups excluding tert-OH is 1. The van der Waals surface area contributed by atoms with Crippen molar-refractivity contribution in [3.8, 4) is 0 Å². The minimum atomic E-state index is -4.34. The summed E-state index contributed by atoms with van der Waals surface area (Å²) in [5.41, 5.74) is 0.543. The summed E-state index contributed by atoms with van der Waals surface area (Å²) in [6.07, 6.45) is 3.98. The van der Waals surface area contributed by atoms with E-state index < -0.39 is 11.7 Å². The highest BCUT2D eigenvalue weighted by Crippen LogP contribution is 2.29. The maximum Gasteiger partial charge on any atom is 0.416 e. The first-order valence-corrected chi connectivity index (χ1v) is 6.30. The fraction of sp³-hybridized carbons (Fsp3) is 0.357. The van der Waals surface area contributed by atoms with Crippen molar-refractivity contribution >= 4 is 5.70 Å². The molecule has 110 valence electrons. The fourth-order valence-electron chi connectivity index (χ4n) is 1.57. The first-order chi connectivity index (χ1) is 9.50. The standard InChI is InChI=1S/C12H11F3N2O.C2H6/c13-12(14,15)10-2-1-3-11(5-4-10)17-7-9(8-18)6-16-17;1-2/h1-2,4-7,18H,3,8H2;1-2H3. The van der Waals surface area contributed by atoms with E-state index in [2.05, 4.69) is 5.10 Å². The Hall–Kier alpha value is -1.82. The summed E-state index contributed by atoms with van der Waals surface area (Å²) in [6.45, 7) is 3.85. The summed E-state index contributed by atoms with van der Waals surface area (Å²) in [7, 11) is 0. The van der Waals surface area contributed by atoms with Gasteiger partial charge >= 0.3 is 6.18 Å². The van der Waals surface area contributed by atoms with Crippen LogP contribution in [0, 0.1) is 0 Å². The molecule has 0 saturated carbocycles. The van der Waals surface area contributed by atoms with E-state index in [-0.39, 0.29) is 6.61 Å². The number of aliphatic hydroxyl groups is 1. The van der Waals surface area contributed by atoms with Crippen molar-refractivity contribution in [2.75, 3.05) is 0 Å². The van der Waals surface area contributed by atoms with Crippen LogP contribution in [0.25, 0.3) is 5.70 Å². The Morgan fingerprint density at radius 1 is 1.30 bits per heavy atom. The Morgan fingerprint density at radius 3 is 2.55 bits per heavy atom. The highest BCUT2D eigenvalue weighted by atomic mass is 19.4. The molecule has 0 aromatic carbocycles. The average molecular weight is 286 g/mol. The minimum absolute atomic E-state index is 0.146. The monoisotopic (exact) mass is 286 g/mol. The highest BCUT2D eigenvalue weighted by molar-refractivity contribution is 5.53. The lowest BCUT2D eigenvalue weighted by molar-refractivity contribution is -0.0881. The third-order valence-electron chi connectivity index (χ3n) is 2.52. The van der Waals surface area contributed by atoms with Gasteiger partial charge in [0, 0.05) is 23.9 Å². The number of aromatic nitrogens is 2. The van der Waals surface area contributed by atoms with Gasteiger partial charge in [-0.2, -0.15) is 18.3 Å². The van der Waals surface area contributed by atoms with Gasteiger partial charge in [0.25, 0.3) is 0 Å². The first kappa shape index (κ1) is 16.2. The lowest BCUT2D eigenvalue weighted by Crippen LogP contribution is -2.09. The van der Waals surface area contributed by atoms with Gasteiger partial charge in [0.2, 0.25) is 0 Å². The molecule has 0 radical (unpaired) electrons. The second-order valence-electron chi connectivity index (χ2n) is 3.84. The molecule has 6 heteroatoms. The van der Waals surface area contributed by atoms with E-state index in [1.54, 1.807) is 6.20 Å². The van der Waals surface area contributed by atoms with E-state index in [0.717, 1.165) is 12.2 Å². The largest absolute Gasteiger partial charge is 0.416 e. The van der Waals surface area contributed by atoms with Crippen LogP contribution in [-0.4, -0.2) is 21.1 Å². The van der Waals surface area contributed by atoms with Crippen LogP contribution in [0.1, 0.15) is 25.8 Å². The van der Waals surface area contributed by atoms with E-state index in [1.807, 2.05) is 13.8 Å². The predicted molar refractivity (Wildman–Crippen MR) is 71.7 cm³/mol. The van der Waals surface area contributed by atoms with Gasteiger partial charge in [0.15, 0.2) is 0 Å². The van der Waals surface area contributed by atoms with Gasteiger partial charge in [0.05, 0.1) is 18.4 Å². The Balaban J connectivity index is 0.000000956. The van der Waals surface area contributed by atoms with E-state index >= 15 is 0 Å². The molecule has 1 aliphatic carbocycles. The van der Waals surface area contributed by atoms with Gasteiger partial charge in [-0.3, -0.25) is 0 Å². The number of rotatable bonds is 2. The zero-order valence-electron chi connectivity index (χ0n) is 11.4. The van der Waals surface area contributed by atoms with Crippen molar-refractivity contribution in [1.29, 1.82) is 0 Å². The molecule has 0 saturated heterocycles. The smallest absolute Gasteiger partial charge is 0.392 e. The molecule has 0 atom stereocenters. The molecule has 1 N–H and O–H groups in total. The van der Waals surface area contributed by atoms with Gasteiger partial charge in [-0.1, -0.05) is 26.0 Å². The number of hydrogen-bond donors (Lipinski definition) is 1. The molecule has 0 amide bonds. The van der Waals surface area contributed by atoms with Crippen LogP contribution in [-0.2, 0) is 6.61 Å². The van der Waals surface area contributed by atoms with Crippen LogP contribution in [0.4, 0.5) is 13.2 Å². The van der Waals surface area contributed by atoms with Gasteiger partial charge in [-0.15, -0.1) is 0 Å². The minimum Gasteiger partial charge on any atom is -0.392 e. The fourth-order valence-corrected chi connectivity index (χ4v) is 1.57. The molecule has 0 bridgehead atoms. The number of allylic oxidation sites excluding steroid dienone is 6. The second-order valence-corrected chi connectivity index (χ2v) is 3.84. The zero-order valence-corrected chi connectivity index (χ0v) is 11.4. The first-order valence-electron chi connectivity index (χ1n) is 6.30. The SMILES string of the molecule is CC.OCc1cnn(C2=CC=C(C(F)(F)F)C=CC2)c1. The third-order valence-corrected chi connectivity index (χ3v) is 2.52. The molecular weight excluding hydrogens is 269 g/mol. The molecule has 1 heterocycles. The summed E-state index contributed by atoms with van der Waals surface area (Å²) in [5.74, 6) is 0. The summed E-state index contributed by atoms with van der Waals surface area (Å²) < 4.78 is 39.0.